The highest BCUT2D eigenvalue weighted by atomic mass is 32.1. The number of likely N-dealkylation sites (N-methyl/N-ethyl adjacent to an activating group) is 1. The number of carbonyl (C=O) groups is 1. The largest absolute Gasteiger partial charge is 0.344 e. The number of pyridine rings is 1. The summed E-state index contributed by atoms with van der Waals surface area (Å²) < 4.78 is 14.1. The van der Waals surface area contributed by atoms with Crippen LogP contribution >= 0.6 is 11.3 Å². The first-order valence-corrected chi connectivity index (χ1v) is 9.75. The maximum absolute atomic E-state index is 14.1. The second kappa shape index (κ2) is 8.22. The van der Waals surface area contributed by atoms with Gasteiger partial charge >= 0.3 is 0 Å². The van der Waals surface area contributed by atoms with E-state index in [1.165, 1.54) is 4.88 Å². The first-order valence-electron chi connectivity index (χ1n) is 8.87. The normalized spacial score (nSPS) is 21.7. The van der Waals surface area contributed by atoms with Crippen molar-refractivity contribution in [2.75, 3.05) is 20.1 Å². The van der Waals surface area contributed by atoms with Crippen LogP contribution in [-0.4, -0.2) is 58.0 Å². The average Bonchev–Trinajstić information content (AvgIpc) is 3.20. The predicted octanol–water partition coefficient (Wildman–Crippen LogP) is 3.02. The molecule has 3 rings (SSSR count). The lowest BCUT2D eigenvalue weighted by atomic mass is 10.0. The minimum atomic E-state index is -0.840. The minimum absolute atomic E-state index is 0.0292. The number of amides is 1. The van der Waals surface area contributed by atoms with E-state index in [0.29, 0.717) is 26.1 Å². The minimum Gasteiger partial charge on any atom is -0.344 e. The molecule has 1 saturated heterocycles. The molecular weight excluding hydrogens is 351 g/mol. The van der Waals surface area contributed by atoms with E-state index in [1.807, 2.05) is 31.5 Å². The van der Waals surface area contributed by atoms with E-state index in [9.17, 15) is 9.18 Å². The van der Waals surface area contributed by atoms with E-state index in [0.717, 1.165) is 11.3 Å². The number of thiazole rings is 1. The maximum atomic E-state index is 14.1. The second-order valence-corrected chi connectivity index (χ2v) is 7.94. The van der Waals surface area contributed by atoms with Gasteiger partial charge in [0.05, 0.1) is 17.1 Å². The van der Waals surface area contributed by atoms with E-state index in [1.54, 1.807) is 35.7 Å². The zero-order chi connectivity index (χ0) is 18.7. The van der Waals surface area contributed by atoms with Crippen LogP contribution in [-0.2, 0) is 11.3 Å². The summed E-state index contributed by atoms with van der Waals surface area (Å²) in [6.45, 7) is 5.52. The van der Waals surface area contributed by atoms with Crippen LogP contribution < -0.4 is 0 Å². The number of nitrogens with zero attached hydrogens (tertiary/aromatic N) is 4. The van der Waals surface area contributed by atoms with Gasteiger partial charge in [-0.15, -0.1) is 11.3 Å². The van der Waals surface area contributed by atoms with Crippen molar-refractivity contribution in [3.63, 3.8) is 0 Å². The summed E-state index contributed by atoms with van der Waals surface area (Å²) in [5, 5.41) is 0. The molecule has 0 unspecified atom stereocenters. The molecule has 7 heteroatoms. The number of hydrogen-bond donors (Lipinski definition) is 0. The molecule has 0 saturated carbocycles. The number of alkyl halides is 1. The fraction of sp³-hybridized carbons (Fsp3) is 0.526. The van der Waals surface area contributed by atoms with Crippen LogP contribution in [0.5, 0.6) is 0 Å². The Kier molecular flexibility index (Phi) is 5.98. The third-order valence-electron chi connectivity index (χ3n) is 5.08. The number of rotatable bonds is 6. The molecule has 3 heterocycles. The zero-order valence-corrected chi connectivity index (χ0v) is 16.2. The maximum Gasteiger partial charge on any atom is 0.229 e. The van der Waals surface area contributed by atoms with E-state index >= 15 is 0 Å². The van der Waals surface area contributed by atoms with Crippen molar-refractivity contribution in [3.05, 3.63) is 46.2 Å². The third kappa shape index (κ3) is 4.27. The Morgan fingerprint density at radius 2 is 2.35 bits per heavy atom. The molecule has 0 radical (unpaired) electrons. The number of aryl methyl sites for hydroxylation is 1. The van der Waals surface area contributed by atoms with Crippen molar-refractivity contribution < 1.29 is 9.18 Å². The molecule has 140 valence electrons. The van der Waals surface area contributed by atoms with Gasteiger partial charge in [-0.25, -0.2) is 9.37 Å². The molecule has 0 spiro atoms. The summed E-state index contributed by atoms with van der Waals surface area (Å²) in [4.78, 5) is 26.2. The van der Waals surface area contributed by atoms with Crippen LogP contribution in [0.4, 0.5) is 4.39 Å². The summed E-state index contributed by atoms with van der Waals surface area (Å²) in [7, 11) is 1.80. The Bertz CT molecular complexity index is 738. The van der Waals surface area contributed by atoms with E-state index < -0.39 is 6.17 Å². The van der Waals surface area contributed by atoms with Crippen LogP contribution in [0.3, 0.4) is 0 Å². The highest BCUT2D eigenvalue weighted by Gasteiger charge is 2.34. The SMILES string of the molecule is Cc1ncsc1CN1C[C@@H](F)C[C@H]1CN(C)C(=O)[C@H](C)c1cccnc1. The highest BCUT2D eigenvalue weighted by Crippen LogP contribution is 2.26. The summed E-state index contributed by atoms with van der Waals surface area (Å²) in [6, 6.07) is 3.78. The fourth-order valence-corrected chi connectivity index (χ4v) is 4.28. The first kappa shape index (κ1) is 18.9. The Balaban J connectivity index is 1.64. The van der Waals surface area contributed by atoms with E-state index in [2.05, 4.69) is 14.9 Å². The Morgan fingerprint density at radius 3 is 3.00 bits per heavy atom. The molecule has 2 aromatic rings. The summed E-state index contributed by atoms with van der Waals surface area (Å²) in [5.41, 5.74) is 3.73. The molecular formula is C19H25FN4OS. The van der Waals surface area contributed by atoms with Crippen LogP contribution in [0, 0.1) is 6.92 Å². The van der Waals surface area contributed by atoms with Crippen molar-refractivity contribution in [2.24, 2.45) is 0 Å². The summed E-state index contributed by atoms with van der Waals surface area (Å²) in [5.74, 6) is -0.220. The van der Waals surface area contributed by atoms with Gasteiger partial charge < -0.3 is 4.90 Å². The number of hydrogen-bond acceptors (Lipinski definition) is 5. The predicted molar refractivity (Wildman–Crippen MR) is 101 cm³/mol. The van der Waals surface area contributed by atoms with Crippen molar-refractivity contribution in [1.29, 1.82) is 0 Å². The fourth-order valence-electron chi connectivity index (χ4n) is 3.48. The van der Waals surface area contributed by atoms with Gasteiger partial charge in [-0.05, 0) is 31.9 Å². The van der Waals surface area contributed by atoms with Crippen molar-refractivity contribution >= 4 is 17.2 Å². The Morgan fingerprint density at radius 1 is 1.54 bits per heavy atom. The molecule has 2 aromatic heterocycles. The monoisotopic (exact) mass is 376 g/mol. The van der Waals surface area contributed by atoms with Gasteiger partial charge in [0.25, 0.3) is 0 Å². The number of carbonyl (C=O) groups excluding carboxylic acids is 1. The average molecular weight is 377 g/mol. The van der Waals surface area contributed by atoms with Crippen LogP contribution in [0.15, 0.2) is 30.0 Å². The van der Waals surface area contributed by atoms with Crippen LogP contribution in [0.2, 0.25) is 0 Å². The Labute approximate surface area is 157 Å². The molecule has 0 bridgehead atoms. The summed E-state index contributed by atoms with van der Waals surface area (Å²) >= 11 is 1.60. The molecule has 0 aromatic carbocycles. The molecule has 1 amide bonds. The van der Waals surface area contributed by atoms with Crippen molar-refractivity contribution in [3.8, 4) is 0 Å². The lowest BCUT2D eigenvalue weighted by Crippen LogP contribution is -2.42. The van der Waals surface area contributed by atoms with Crippen molar-refractivity contribution in [2.45, 2.75) is 44.9 Å². The van der Waals surface area contributed by atoms with E-state index in [-0.39, 0.29) is 17.9 Å². The van der Waals surface area contributed by atoms with Crippen molar-refractivity contribution in [1.82, 2.24) is 19.8 Å². The molecule has 0 aliphatic carbocycles. The molecule has 5 nitrogen and oxygen atoms in total. The summed E-state index contributed by atoms with van der Waals surface area (Å²) in [6.07, 6.45) is 3.05. The molecule has 1 aliphatic rings. The van der Waals surface area contributed by atoms with Crippen LogP contribution in [0.25, 0.3) is 0 Å². The van der Waals surface area contributed by atoms with Gasteiger partial charge in [0.2, 0.25) is 5.91 Å². The lowest BCUT2D eigenvalue weighted by molar-refractivity contribution is -0.131. The second-order valence-electron chi connectivity index (χ2n) is 7.00. The molecule has 1 aliphatic heterocycles. The smallest absolute Gasteiger partial charge is 0.229 e. The topological polar surface area (TPSA) is 49.3 Å². The van der Waals surface area contributed by atoms with Gasteiger partial charge in [0.15, 0.2) is 0 Å². The molecule has 1 fully saturated rings. The van der Waals surface area contributed by atoms with Gasteiger partial charge in [-0.1, -0.05) is 6.07 Å². The van der Waals surface area contributed by atoms with Gasteiger partial charge in [0, 0.05) is 50.0 Å². The van der Waals surface area contributed by atoms with Gasteiger partial charge in [-0.2, -0.15) is 0 Å². The molecule has 26 heavy (non-hydrogen) atoms. The number of likely N-dealkylation sites (tertiary alicyclic amines) is 1. The Hall–Kier alpha value is -1.86. The van der Waals surface area contributed by atoms with Gasteiger partial charge in [0.1, 0.15) is 6.17 Å². The quantitative estimate of drug-likeness (QED) is 0.778. The molecule has 3 atom stereocenters. The van der Waals surface area contributed by atoms with E-state index in [4.69, 9.17) is 0 Å². The molecule has 0 N–H and O–H groups in total. The zero-order valence-electron chi connectivity index (χ0n) is 15.4. The number of halogens is 1. The van der Waals surface area contributed by atoms with Gasteiger partial charge in [-0.3, -0.25) is 14.7 Å². The number of aromatic nitrogens is 2. The first-order chi connectivity index (χ1) is 12.5. The standard InChI is InChI=1S/C19H25FN4OS/c1-13(15-5-4-6-21-8-15)19(25)23(3)10-17-7-16(20)9-24(17)11-18-14(2)22-12-26-18/h4-6,8,12-13,16-17H,7,9-11H2,1-3H3/t13-,16+,17+/m1/s1. The highest BCUT2D eigenvalue weighted by molar-refractivity contribution is 7.09. The lowest BCUT2D eigenvalue weighted by Gasteiger charge is -2.29. The van der Waals surface area contributed by atoms with Crippen LogP contribution in [0.1, 0.15) is 35.4 Å². The third-order valence-corrected chi connectivity index (χ3v) is 6.00.